The molecule has 3 rings (SSSR count). The standard InChI is InChI=1S/C17H15NO/c1-12-14-9-5-6-10-16(14)18-17(19)15(12)11-13-7-3-2-4-8-13/h2-10H,11H2,1H3,(H,18,19). The molecule has 0 saturated heterocycles. The molecule has 2 aromatic carbocycles. The molecule has 0 radical (unpaired) electrons. The minimum atomic E-state index is 0.0139. The molecule has 0 fully saturated rings. The number of hydrogen-bond acceptors (Lipinski definition) is 1. The summed E-state index contributed by atoms with van der Waals surface area (Å²) in [7, 11) is 0. The molecular formula is C17H15NO. The molecule has 0 spiro atoms. The first-order valence-corrected chi connectivity index (χ1v) is 6.40. The van der Waals surface area contributed by atoms with E-state index in [1.807, 2.05) is 55.5 Å². The largest absolute Gasteiger partial charge is 0.322 e. The zero-order valence-electron chi connectivity index (χ0n) is 10.8. The highest BCUT2D eigenvalue weighted by atomic mass is 16.1. The summed E-state index contributed by atoms with van der Waals surface area (Å²) in [5.74, 6) is 0. The van der Waals surface area contributed by atoms with Crippen molar-refractivity contribution in [1.29, 1.82) is 0 Å². The number of benzene rings is 2. The van der Waals surface area contributed by atoms with E-state index in [2.05, 4.69) is 11.1 Å². The van der Waals surface area contributed by atoms with Crippen molar-refractivity contribution in [2.24, 2.45) is 0 Å². The molecule has 0 saturated carbocycles. The van der Waals surface area contributed by atoms with Crippen molar-refractivity contribution in [3.05, 3.63) is 81.6 Å². The molecule has 1 heterocycles. The maximum atomic E-state index is 12.2. The second-order valence-corrected chi connectivity index (χ2v) is 4.77. The Morgan fingerprint density at radius 2 is 1.63 bits per heavy atom. The predicted octanol–water partition coefficient (Wildman–Crippen LogP) is 3.43. The van der Waals surface area contributed by atoms with E-state index in [1.54, 1.807) is 0 Å². The Hall–Kier alpha value is -2.35. The number of aromatic nitrogens is 1. The molecule has 0 aliphatic heterocycles. The van der Waals surface area contributed by atoms with Gasteiger partial charge in [0, 0.05) is 22.9 Å². The first-order valence-electron chi connectivity index (χ1n) is 6.40. The second-order valence-electron chi connectivity index (χ2n) is 4.77. The zero-order valence-corrected chi connectivity index (χ0v) is 10.8. The minimum absolute atomic E-state index is 0.0139. The third-order valence-electron chi connectivity index (χ3n) is 3.53. The van der Waals surface area contributed by atoms with Crippen molar-refractivity contribution in [3.8, 4) is 0 Å². The zero-order chi connectivity index (χ0) is 13.2. The summed E-state index contributed by atoms with van der Waals surface area (Å²) in [4.78, 5) is 15.2. The number of pyridine rings is 1. The van der Waals surface area contributed by atoms with E-state index in [9.17, 15) is 4.79 Å². The summed E-state index contributed by atoms with van der Waals surface area (Å²) in [6.45, 7) is 2.02. The van der Waals surface area contributed by atoms with Gasteiger partial charge in [0.25, 0.3) is 5.56 Å². The van der Waals surface area contributed by atoms with Crippen molar-refractivity contribution in [3.63, 3.8) is 0 Å². The molecular weight excluding hydrogens is 234 g/mol. The normalized spacial score (nSPS) is 10.8. The van der Waals surface area contributed by atoms with E-state index in [0.29, 0.717) is 6.42 Å². The van der Waals surface area contributed by atoms with Gasteiger partial charge in [0.05, 0.1) is 0 Å². The van der Waals surface area contributed by atoms with E-state index in [-0.39, 0.29) is 5.56 Å². The smallest absolute Gasteiger partial charge is 0.252 e. The average molecular weight is 249 g/mol. The van der Waals surface area contributed by atoms with Crippen LogP contribution < -0.4 is 5.56 Å². The summed E-state index contributed by atoms with van der Waals surface area (Å²) < 4.78 is 0. The van der Waals surface area contributed by atoms with Crippen LogP contribution in [0.1, 0.15) is 16.7 Å². The first-order chi connectivity index (χ1) is 9.25. The molecule has 0 aliphatic rings. The lowest BCUT2D eigenvalue weighted by Gasteiger charge is -2.08. The van der Waals surface area contributed by atoms with Gasteiger partial charge in [-0.25, -0.2) is 0 Å². The maximum Gasteiger partial charge on any atom is 0.252 e. The summed E-state index contributed by atoms with van der Waals surface area (Å²) in [6, 6.07) is 18.0. The van der Waals surface area contributed by atoms with Gasteiger partial charge in [-0.15, -0.1) is 0 Å². The van der Waals surface area contributed by atoms with Crippen LogP contribution in [0.3, 0.4) is 0 Å². The number of hydrogen-bond donors (Lipinski definition) is 1. The number of rotatable bonds is 2. The maximum absolute atomic E-state index is 12.2. The van der Waals surface area contributed by atoms with Crippen LogP contribution in [0.15, 0.2) is 59.4 Å². The number of aryl methyl sites for hydroxylation is 1. The molecule has 1 N–H and O–H groups in total. The van der Waals surface area contributed by atoms with Crippen molar-refractivity contribution >= 4 is 10.9 Å². The molecule has 0 unspecified atom stereocenters. The molecule has 0 atom stereocenters. The number of H-pyrrole nitrogens is 1. The van der Waals surface area contributed by atoms with E-state index < -0.39 is 0 Å². The SMILES string of the molecule is Cc1c(Cc2ccccc2)c(=O)[nH]c2ccccc12. The van der Waals surface area contributed by atoms with Gasteiger partial charge in [0.15, 0.2) is 0 Å². The van der Waals surface area contributed by atoms with Crippen LogP contribution in [0, 0.1) is 6.92 Å². The molecule has 2 heteroatoms. The molecule has 3 aromatic rings. The van der Waals surface area contributed by atoms with E-state index in [1.165, 1.54) is 0 Å². The Kier molecular flexibility index (Phi) is 2.92. The predicted molar refractivity (Wildman–Crippen MR) is 78.6 cm³/mol. The van der Waals surface area contributed by atoms with Gasteiger partial charge in [-0.05, 0) is 24.1 Å². The summed E-state index contributed by atoms with van der Waals surface area (Å²) >= 11 is 0. The van der Waals surface area contributed by atoms with Gasteiger partial charge in [0.2, 0.25) is 0 Å². The lowest BCUT2D eigenvalue weighted by molar-refractivity contribution is 1.09. The Labute approximate surface area is 111 Å². The highest BCUT2D eigenvalue weighted by Crippen LogP contribution is 2.18. The van der Waals surface area contributed by atoms with E-state index in [4.69, 9.17) is 0 Å². The van der Waals surface area contributed by atoms with Gasteiger partial charge in [-0.1, -0.05) is 48.5 Å². The quantitative estimate of drug-likeness (QED) is 0.741. The Morgan fingerprint density at radius 3 is 2.42 bits per heavy atom. The molecule has 0 aliphatic carbocycles. The van der Waals surface area contributed by atoms with Crippen LogP contribution in [-0.2, 0) is 6.42 Å². The summed E-state index contributed by atoms with van der Waals surface area (Å²) in [6.07, 6.45) is 0.673. The van der Waals surface area contributed by atoms with Gasteiger partial charge < -0.3 is 4.98 Å². The monoisotopic (exact) mass is 249 g/mol. The number of para-hydroxylation sites is 1. The molecule has 2 nitrogen and oxygen atoms in total. The fourth-order valence-corrected chi connectivity index (χ4v) is 2.46. The van der Waals surface area contributed by atoms with Crippen molar-refractivity contribution in [1.82, 2.24) is 4.98 Å². The molecule has 94 valence electrons. The number of fused-ring (bicyclic) bond motifs is 1. The Balaban J connectivity index is 2.16. The van der Waals surface area contributed by atoms with E-state index in [0.717, 1.165) is 27.6 Å². The fourth-order valence-electron chi connectivity index (χ4n) is 2.46. The summed E-state index contributed by atoms with van der Waals surface area (Å²) in [5, 5.41) is 1.12. The van der Waals surface area contributed by atoms with Crippen LogP contribution >= 0.6 is 0 Å². The highest BCUT2D eigenvalue weighted by molar-refractivity contribution is 5.82. The van der Waals surface area contributed by atoms with Gasteiger partial charge in [-0.2, -0.15) is 0 Å². The topological polar surface area (TPSA) is 32.9 Å². The highest BCUT2D eigenvalue weighted by Gasteiger charge is 2.09. The van der Waals surface area contributed by atoms with Crippen LogP contribution in [0.5, 0.6) is 0 Å². The van der Waals surface area contributed by atoms with E-state index >= 15 is 0 Å². The Morgan fingerprint density at radius 1 is 0.947 bits per heavy atom. The lowest BCUT2D eigenvalue weighted by atomic mass is 9.99. The first kappa shape index (κ1) is 11.7. The summed E-state index contributed by atoms with van der Waals surface area (Å²) in [5.41, 5.74) is 4.00. The van der Waals surface area contributed by atoms with Crippen molar-refractivity contribution in [2.75, 3.05) is 0 Å². The lowest BCUT2D eigenvalue weighted by Crippen LogP contribution is -2.15. The van der Waals surface area contributed by atoms with Gasteiger partial charge in [-0.3, -0.25) is 4.79 Å². The third kappa shape index (κ3) is 2.17. The molecule has 0 amide bonds. The average Bonchev–Trinajstić information content (AvgIpc) is 2.45. The minimum Gasteiger partial charge on any atom is -0.322 e. The van der Waals surface area contributed by atoms with Crippen molar-refractivity contribution < 1.29 is 0 Å². The van der Waals surface area contributed by atoms with Crippen molar-refractivity contribution in [2.45, 2.75) is 13.3 Å². The van der Waals surface area contributed by atoms with Crippen LogP contribution in [0.4, 0.5) is 0 Å². The fraction of sp³-hybridized carbons (Fsp3) is 0.118. The Bertz CT molecular complexity index is 772. The third-order valence-corrected chi connectivity index (χ3v) is 3.53. The number of aromatic amines is 1. The number of nitrogens with one attached hydrogen (secondary N) is 1. The van der Waals surface area contributed by atoms with Crippen LogP contribution in [-0.4, -0.2) is 4.98 Å². The van der Waals surface area contributed by atoms with Gasteiger partial charge >= 0.3 is 0 Å². The van der Waals surface area contributed by atoms with Crippen LogP contribution in [0.25, 0.3) is 10.9 Å². The van der Waals surface area contributed by atoms with Gasteiger partial charge in [0.1, 0.15) is 0 Å². The molecule has 19 heavy (non-hydrogen) atoms. The second kappa shape index (κ2) is 4.73. The molecule has 1 aromatic heterocycles. The molecule has 0 bridgehead atoms. The van der Waals surface area contributed by atoms with Crippen LogP contribution in [0.2, 0.25) is 0 Å².